The predicted molar refractivity (Wildman–Crippen MR) is 85.5 cm³/mol. The molecule has 4 heteroatoms. The number of rotatable bonds is 6. The lowest BCUT2D eigenvalue weighted by Gasteiger charge is -2.19. The first-order chi connectivity index (χ1) is 9.95. The van der Waals surface area contributed by atoms with E-state index >= 15 is 0 Å². The summed E-state index contributed by atoms with van der Waals surface area (Å²) < 4.78 is 5.81. The van der Waals surface area contributed by atoms with E-state index in [1.54, 1.807) is 6.20 Å². The molecule has 21 heavy (non-hydrogen) atoms. The third-order valence-corrected chi connectivity index (χ3v) is 3.39. The van der Waals surface area contributed by atoms with E-state index in [4.69, 9.17) is 4.74 Å². The number of nitrogens with one attached hydrogen (secondary N) is 2. The van der Waals surface area contributed by atoms with Gasteiger partial charge in [-0.1, -0.05) is 32.9 Å². The summed E-state index contributed by atoms with van der Waals surface area (Å²) >= 11 is 0. The molecular weight excluding hydrogens is 262 g/mol. The minimum absolute atomic E-state index is 0.177. The van der Waals surface area contributed by atoms with Gasteiger partial charge in [-0.3, -0.25) is 0 Å². The normalized spacial score (nSPS) is 13.1. The Hall–Kier alpha value is -1.81. The number of hydrogen-bond acceptors (Lipinski definition) is 3. The molecule has 0 aliphatic rings. The summed E-state index contributed by atoms with van der Waals surface area (Å²) in [5.41, 5.74) is 1.50. The van der Waals surface area contributed by atoms with Crippen LogP contribution in [-0.4, -0.2) is 22.6 Å². The molecule has 2 rings (SSSR count). The zero-order valence-corrected chi connectivity index (χ0v) is 13.3. The average Bonchev–Trinajstić information content (AvgIpc) is 2.95. The molecule has 0 aliphatic carbocycles. The maximum Gasteiger partial charge on any atom is 0.120 e. The van der Waals surface area contributed by atoms with Crippen LogP contribution in [0.3, 0.4) is 0 Å². The molecule has 1 aromatic carbocycles. The fourth-order valence-electron chi connectivity index (χ4n) is 2.00. The quantitative estimate of drug-likeness (QED) is 0.857. The smallest absolute Gasteiger partial charge is 0.120 e. The molecule has 1 atom stereocenters. The molecule has 0 saturated heterocycles. The van der Waals surface area contributed by atoms with E-state index in [1.807, 2.05) is 18.3 Å². The van der Waals surface area contributed by atoms with E-state index in [1.165, 1.54) is 5.56 Å². The lowest BCUT2D eigenvalue weighted by molar-refractivity contribution is 0.271. The molecule has 0 fully saturated rings. The number of ether oxygens (including phenoxy) is 1. The van der Waals surface area contributed by atoms with Crippen LogP contribution >= 0.6 is 0 Å². The molecular formula is C17H25N3O. The fraction of sp³-hybridized carbons (Fsp3) is 0.471. The first-order valence-corrected chi connectivity index (χ1v) is 7.40. The van der Waals surface area contributed by atoms with Crippen LogP contribution in [0.15, 0.2) is 36.7 Å². The largest absolute Gasteiger partial charge is 0.492 e. The highest BCUT2D eigenvalue weighted by Crippen LogP contribution is 2.24. The van der Waals surface area contributed by atoms with Crippen LogP contribution in [0.1, 0.15) is 39.1 Å². The molecule has 1 unspecified atom stereocenters. The lowest BCUT2D eigenvalue weighted by atomic mass is 9.87. The molecule has 4 nitrogen and oxygen atoms in total. The van der Waals surface area contributed by atoms with Crippen molar-refractivity contribution in [3.63, 3.8) is 0 Å². The molecule has 1 aromatic heterocycles. The standard InChI is InChI=1S/C17H25N3O/c1-13(20-11-16-18-9-10-19-16)12-21-15-7-5-14(6-8-15)17(2,3)4/h5-10,13,20H,11-12H2,1-4H3,(H,18,19). The van der Waals surface area contributed by atoms with Crippen molar-refractivity contribution in [3.8, 4) is 5.75 Å². The topological polar surface area (TPSA) is 49.9 Å². The Bertz CT molecular complexity index is 526. The summed E-state index contributed by atoms with van der Waals surface area (Å²) in [6.07, 6.45) is 3.59. The first-order valence-electron chi connectivity index (χ1n) is 7.40. The van der Waals surface area contributed by atoms with Gasteiger partial charge in [0.05, 0.1) is 6.54 Å². The number of H-pyrrole nitrogens is 1. The monoisotopic (exact) mass is 287 g/mol. The van der Waals surface area contributed by atoms with Gasteiger partial charge in [0, 0.05) is 18.4 Å². The number of aromatic nitrogens is 2. The van der Waals surface area contributed by atoms with Crippen molar-refractivity contribution < 1.29 is 4.74 Å². The van der Waals surface area contributed by atoms with Crippen LogP contribution in [0.4, 0.5) is 0 Å². The molecule has 2 N–H and O–H groups in total. The van der Waals surface area contributed by atoms with Gasteiger partial charge in [0.25, 0.3) is 0 Å². The van der Waals surface area contributed by atoms with Crippen molar-refractivity contribution in [2.75, 3.05) is 6.61 Å². The van der Waals surface area contributed by atoms with Gasteiger partial charge < -0.3 is 15.0 Å². The van der Waals surface area contributed by atoms with E-state index < -0.39 is 0 Å². The average molecular weight is 287 g/mol. The minimum Gasteiger partial charge on any atom is -0.492 e. The van der Waals surface area contributed by atoms with Gasteiger partial charge in [0.15, 0.2) is 0 Å². The van der Waals surface area contributed by atoms with Crippen LogP contribution in [0, 0.1) is 0 Å². The summed E-state index contributed by atoms with van der Waals surface area (Å²) in [5.74, 6) is 1.85. The third kappa shape index (κ3) is 4.90. The van der Waals surface area contributed by atoms with Crippen molar-refractivity contribution in [2.45, 2.75) is 45.7 Å². The number of aromatic amines is 1. The second-order valence-corrected chi connectivity index (χ2v) is 6.40. The summed E-state index contributed by atoms with van der Waals surface area (Å²) in [7, 11) is 0. The Kier molecular flexibility index (Phi) is 5.02. The van der Waals surface area contributed by atoms with Crippen molar-refractivity contribution in [2.24, 2.45) is 0 Å². The summed E-state index contributed by atoms with van der Waals surface area (Å²) in [6.45, 7) is 10.1. The van der Waals surface area contributed by atoms with Crippen LogP contribution in [0.5, 0.6) is 5.75 Å². The Labute approximate surface area is 127 Å². The van der Waals surface area contributed by atoms with E-state index in [9.17, 15) is 0 Å². The van der Waals surface area contributed by atoms with Gasteiger partial charge in [-0.25, -0.2) is 4.98 Å². The van der Waals surface area contributed by atoms with Crippen LogP contribution in [-0.2, 0) is 12.0 Å². The fourth-order valence-corrected chi connectivity index (χ4v) is 2.00. The van der Waals surface area contributed by atoms with Crippen molar-refractivity contribution in [1.29, 1.82) is 0 Å². The van der Waals surface area contributed by atoms with E-state index in [0.717, 1.165) is 18.1 Å². The number of nitrogens with zero attached hydrogens (tertiary/aromatic N) is 1. The van der Waals surface area contributed by atoms with Gasteiger partial charge >= 0.3 is 0 Å². The molecule has 0 spiro atoms. The van der Waals surface area contributed by atoms with Gasteiger partial charge in [0.2, 0.25) is 0 Å². The van der Waals surface area contributed by atoms with Gasteiger partial charge in [-0.2, -0.15) is 0 Å². The van der Waals surface area contributed by atoms with Crippen LogP contribution in [0.2, 0.25) is 0 Å². The van der Waals surface area contributed by atoms with Crippen molar-refractivity contribution in [1.82, 2.24) is 15.3 Å². The highest BCUT2D eigenvalue weighted by atomic mass is 16.5. The SMILES string of the molecule is CC(COc1ccc(C(C)(C)C)cc1)NCc1ncc[nH]1. The maximum atomic E-state index is 5.81. The zero-order valence-electron chi connectivity index (χ0n) is 13.3. The molecule has 2 aromatic rings. The molecule has 0 amide bonds. The lowest BCUT2D eigenvalue weighted by Crippen LogP contribution is -2.31. The third-order valence-electron chi connectivity index (χ3n) is 3.39. The van der Waals surface area contributed by atoms with E-state index in [-0.39, 0.29) is 11.5 Å². The second kappa shape index (κ2) is 6.76. The number of imidazole rings is 1. The zero-order chi connectivity index (χ0) is 15.3. The molecule has 1 heterocycles. The van der Waals surface area contributed by atoms with Crippen LogP contribution < -0.4 is 10.1 Å². The van der Waals surface area contributed by atoms with Gasteiger partial charge in [0.1, 0.15) is 18.2 Å². The maximum absolute atomic E-state index is 5.81. The predicted octanol–water partition coefficient (Wildman–Crippen LogP) is 3.26. The van der Waals surface area contributed by atoms with Crippen molar-refractivity contribution in [3.05, 3.63) is 48.0 Å². The highest BCUT2D eigenvalue weighted by molar-refractivity contribution is 5.31. The highest BCUT2D eigenvalue weighted by Gasteiger charge is 2.13. The minimum atomic E-state index is 0.177. The first kappa shape index (κ1) is 15.6. The molecule has 0 saturated carbocycles. The summed E-state index contributed by atoms with van der Waals surface area (Å²) in [6, 6.07) is 8.61. The Morgan fingerprint density at radius 1 is 1.24 bits per heavy atom. The Morgan fingerprint density at radius 3 is 2.52 bits per heavy atom. The summed E-state index contributed by atoms with van der Waals surface area (Å²) in [5, 5.41) is 3.37. The van der Waals surface area contributed by atoms with E-state index in [2.05, 4.69) is 55.1 Å². The van der Waals surface area contributed by atoms with Gasteiger partial charge in [-0.15, -0.1) is 0 Å². The molecule has 0 bridgehead atoms. The molecule has 0 radical (unpaired) electrons. The summed E-state index contributed by atoms with van der Waals surface area (Å²) in [4.78, 5) is 7.25. The molecule has 0 aliphatic heterocycles. The van der Waals surface area contributed by atoms with Gasteiger partial charge in [-0.05, 0) is 30.0 Å². The second-order valence-electron chi connectivity index (χ2n) is 6.40. The van der Waals surface area contributed by atoms with E-state index in [0.29, 0.717) is 6.61 Å². The Balaban J connectivity index is 1.77. The Morgan fingerprint density at radius 2 is 1.95 bits per heavy atom. The molecule has 114 valence electrons. The number of hydrogen-bond donors (Lipinski definition) is 2. The van der Waals surface area contributed by atoms with Crippen LogP contribution in [0.25, 0.3) is 0 Å². The number of benzene rings is 1. The van der Waals surface area contributed by atoms with Crippen molar-refractivity contribution >= 4 is 0 Å².